The highest BCUT2D eigenvalue weighted by molar-refractivity contribution is 7.92. The number of piperazine rings is 1. The summed E-state index contributed by atoms with van der Waals surface area (Å²) in [7, 11) is -3.40. The van der Waals surface area contributed by atoms with Gasteiger partial charge in [-0.1, -0.05) is 12.1 Å². The van der Waals surface area contributed by atoms with E-state index in [0.717, 1.165) is 24.0 Å². The molecule has 162 valence electrons. The number of ketones is 1. The molecule has 0 spiro atoms. The van der Waals surface area contributed by atoms with Gasteiger partial charge in [0.25, 0.3) is 0 Å². The van der Waals surface area contributed by atoms with Gasteiger partial charge in [0.05, 0.1) is 18.8 Å². The van der Waals surface area contributed by atoms with Crippen LogP contribution in [-0.4, -0.2) is 51.0 Å². The lowest BCUT2D eigenvalue weighted by molar-refractivity contribution is -0.119. The normalized spacial score (nSPS) is 20.1. The van der Waals surface area contributed by atoms with Crippen molar-refractivity contribution >= 4 is 21.5 Å². The van der Waals surface area contributed by atoms with Crippen molar-refractivity contribution in [2.24, 2.45) is 0 Å². The maximum absolute atomic E-state index is 14.2. The van der Waals surface area contributed by atoms with Crippen molar-refractivity contribution in [1.29, 1.82) is 0 Å². The van der Waals surface area contributed by atoms with Crippen molar-refractivity contribution in [3.8, 4) is 0 Å². The zero-order valence-corrected chi connectivity index (χ0v) is 17.7. The number of halogens is 2. The molecule has 0 radical (unpaired) electrons. The van der Waals surface area contributed by atoms with Crippen LogP contribution in [0.5, 0.6) is 0 Å². The Morgan fingerprint density at radius 1 is 1.20 bits per heavy atom. The van der Waals surface area contributed by atoms with Crippen molar-refractivity contribution < 1.29 is 22.0 Å². The maximum atomic E-state index is 14.2. The van der Waals surface area contributed by atoms with Gasteiger partial charge in [-0.2, -0.15) is 0 Å². The Bertz CT molecular complexity index is 1010. The molecule has 2 aromatic carbocycles. The molecule has 1 aliphatic rings. The van der Waals surface area contributed by atoms with Gasteiger partial charge in [0.1, 0.15) is 17.4 Å². The molecule has 0 aliphatic carbocycles. The summed E-state index contributed by atoms with van der Waals surface area (Å²) < 4.78 is 53.2. The molecular formula is C21H25F2N3O3S. The molecule has 0 bridgehead atoms. The Balaban J connectivity index is 1.92. The monoisotopic (exact) mass is 437 g/mol. The summed E-state index contributed by atoms with van der Waals surface area (Å²) >= 11 is 0. The van der Waals surface area contributed by atoms with Crippen LogP contribution in [0.2, 0.25) is 0 Å². The molecule has 0 saturated carbocycles. The molecule has 2 atom stereocenters. The Morgan fingerprint density at radius 2 is 1.90 bits per heavy atom. The molecule has 1 fully saturated rings. The number of Topliss-reactive ketones (excluding diaryl/α,β-unsaturated/α-hetero) is 1. The van der Waals surface area contributed by atoms with E-state index in [4.69, 9.17) is 0 Å². The summed E-state index contributed by atoms with van der Waals surface area (Å²) in [6, 6.07) is 9.73. The lowest BCUT2D eigenvalue weighted by Gasteiger charge is -2.42. The average Bonchev–Trinajstić information content (AvgIpc) is 2.64. The van der Waals surface area contributed by atoms with E-state index in [-0.39, 0.29) is 36.4 Å². The number of hydrogen-bond acceptors (Lipinski definition) is 5. The molecule has 3 rings (SSSR count). The molecule has 2 aromatic rings. The van der Waals surface area contributed by atoms with E-state index in [9.17, 15) is 22.0 Å². The highest BCUT2D eigenvalue weighted by Crippen LogP contribution is 2.30. The quantitative estimate of drug-likeness (QED) is 0.696. The molecule has 1 aliphatic heterocycles. The van der Waals surface area contributed by atoms with Crippen LogP contribution >= 0.6 is 0 Å². The van der Waals surface area contributed by atoms with Crippen LogP contribution in [0.4, 0.5) is 14.5 Å². The first-order chi connectivity index (χ1) is 14.1. The van der Waals surface area contributed by atoms with E-state index in [0.29, 0.717) is 18.8 Å². The van der Waals surface area contributed by atoms with Crippen molar-refractivity contribution in [2.75, 3.05) is 30.6 Å². The van der Waals surface area contributed by atoms with Gasteiger partial charge in [0.2, 0.25) is 10.0 Å². The van der Waals surface area contributed by atoms with Crippen molar-refractivity contribution in [3.63, 3.8) is 0 Å². The second-order valence-electron chi connectivity index (χ2n) is 7.61. The minimum Gasteiger partial charge on any atom is -0.310 e. The van der Waals surface area contributed by atoms with E-state index in [1.54, 1.807) is 24.3 Å². The fourth-order valence-corrected chi connectivity index (χ4v) is 4.45. The van der Waals surface area contributed by atoms with E-state index < -0.39 is 21.7 Å². The number of benzene rings is 2. The van der Waals surface area contributed by atoms with Crippen LogP contribution in [0.25, 0.3) is 0 Å². The zero-order valence-electron chi connectivity index (χ0n) is 16.9. The zero-order chi connectivity index (χ0) is 21.9. The molecule has 1 heterocycles. The van der Waals surface area contributed by atoms with Gasteiger partial charge in [0.15, 0.2) is 0 Å². The first-order valence-corrected chi connectivity index (χ1v) is 11.5. The van der Waals surface area contributed by atoms with E-state index in [1.807, 2.05) is 4.90 Å². The largest absolute Gasteiger partial charge is 0.310 e. The third-order valence-corrected chi connectivity index (χ3v) is 5.62. The van der Waals surface area contributed by atoms with E-state index in [2.05, 4.69) is 10.0 Å². The van der Waals surface area contributed by atoms with Gasteiger partial charge in [-0.05, 0) is 54.8 Å². The molecule has 0 amide bonds. The van der Waals surface area contributed by atoms with E-state index >= 15 is 0 Å². The minimum absolute atomic E-state index is 0.00736. The molecule has 0 aromatic heterocycles. The van der Waals surface area contributed by atoms with Gasteiger partial charge in [0, 0.05) is 24.8 Å². The Kier molecular flexibility index (Phi) is 6.84. The van der Waals surface area contributed by atoms with Crippen LogP contribution in [0.1, 0.15) is 24.1 Å². The summed E-state index contributed by atoms with van der Waals surface area (Å²) in [6.45, 7) is 2.98. The number of anilines is 1. The summed E-state index contributed by atoms with van der Waals surface area (Å²) in [5.41, 5.74) is 1.54. The van der Waals surface area contributed by atoms with Crippen molar-refractivity contribution in [3.05, 3.63) is 65.2 Å². The SMILES string of the molecule is CC(=O)CN1CCNC(Cc2cc(F)ccc2F)[C@H]1c1ccc(NS(C)(=O)=O)cc1. The number of nitrogens with zero attached hydrogens (tertiary/aromatic N) is 1. The Morgan fingerprint density at radius 3 is 2.53 bits per heavy atom. The lowest BCUT2D eigenvalue weighted by Crippen LogP contribution is -2.54. The van der Waals surface area contributed by atoms with Crippen LogP contribution in [0.3, 0.4) is 0 Å². The Labute approximate surface area is 175 Å². The van der Waals surface area contributed by atoms with E-state index in [1.165, 1.54) is 13.0 Å². The van der Waals surface area contributed by atoms with Crippen LogP contribution < -0.4 is 10.0 Å². The summed E-state index contributed by atoms with van der Waals surface area (Å²) in [4.78, 5) is 13.8. The lowest BCUT2D eigenvalue weighted by atomic mass is 9.90. The predicted octanol–water partition coefficient (Wildman–Crippen LogP) is 2.48. The standard InChI is InChI=1S/C21H25F2N3O3S/c1-14(27)13-26-10-9-24-20(12-16-11-17(22)5-8-19(16)23)21(26)15-3-6-18(7-4-15)25-30(2,28)29/h3-8,11,20-21,24-25H,9-10,12-13H2,1-2H3/t20?,21-/m1/s1. The van der Waals surface area contributed by atoms with Crippen molar-refractivity contribution in [1.82, 2.24) is 10.2 Å². The topological polar surface area (TPSA) is 78.5 Å². The number of hydrogen-bond donors (Lipinski definition) is 2. The van der Waals surface area contributed by atoms with Gasteiger partial charge in [-0.15, -0.1) is 0 Å². The Hall–Kier alpha value is -2.36. The number of sulfonamides is 1. The number of carbonyl (C=O) groups excluding carboxylic acids is 1. The average molecular weight is 438 g/mol. The summed E-state index contributed by atoms with van der Waals surface area (Å²) in [5, 5.41) is 3.37. The molecular weight excluding hydrogens is 412 g/mol. The molecule has 6 nitrogen and oxygen atoms in total. The van der Waals surface area contributed by atoms with Crippen molar-refractivity contribution in [2.45, 2.75) is 25.4 Å². The highest BCUT2D eigenvalue weighted by Gasteiger charge is 2.33. The van der Waals surface area contributed by atoms with Gasteiger partial charge < -0.3 is 5.32 Å². The smallest absolute Gasteiger partial charge is 0.229 e. The molecule has 2 N–H and O–H groups in total. The van der Waals surface area contributed by atoms with Gasteiger partial charge in [-0.3, -0.25) is 14.4 Å². The molecule has 1 saturated heterocycles. The maximum Gasteiger partial charge on any atom is 0.229 e. The number of nitrogens with one attached hydrogen (secondary N) is 2. The minimum atomic E-state index is -3.40. The molecule has 1 unspecified atom stereocenters. The first kappa shape index (κ1) is 22.3. The highest BCUT2D eigenvalue weighted by atomic mass is 32.2. The number of rotatable bonds is 7. The molecule has 9 heteroatoms. The van der Waals surface area contributed by atoms with Gasteiger partial charge >= 0.3 is 0 Å². The third-order valence-electron chi connectivity index (χ3n) is 5.01. The van der Waals surface area contributed by atoms with Gasteiger partial charge in [-0.25, -0.2) is 17.2 Å². The summed E-state index contributed by atoms with van der Waals surface area (Å²) in [5.74, 6) is -0.975. The second-order valence-corrected chi connectivity index (χ2v) is 9.36. The fourth-order valence-electron chi connectivity index (χ4n) is 3.89. The fraction of sp³-hybridized carbons (Fsp3) is 0.381. The van der Waals surface area contributed by atoms with Crippen LogP contribution in [-0.2, 0) is 21.2 Å². The summed E-state index contributed by atoms with van der Waals surface area (Å²) in [6.07, 6.45) is 1.32. The second kappa shape index (κ2) is 9.20. The van der Waals surface area contributed by atoms with Crippen LogP contribution in [0, 0.1) is 11.6 Å². The van der Waals surface area contributed by atoms with Crippen LogP contribution in [0.15, 0.2) is 42.5 Å². The number of carbonyl (C=O) groups is 1. The third kappa shape index (κ3) is 5.84. The molecule has 30 heavy (non-hydrogen) atoms. The predicted molar refractivity (Wildman–Crippen MR) is 112 cm³/mol. The first-order valence-electron chi connectivity index (χ1n) is 9.61.